The third-order valence-corrected chi connectivity index (χ3v) is 6.57. The summed E-state index contributed by atoms with van der Waals surface area (Å²) in [6.07, 6.45) is 5.31. The van der Waals surface area contributed by atoms with Crippen LogP contribution < -0.4 is 10.1 Å². The molecule has 1 N–H and O–H groups in total. The number of hydrogen-bond donors (Lipinski definition) is 1. The monoisotopic (exact) mass is 420 g/mol. The number of rotatable bonds is 9. The number of carbonyl (C=O) groups is 2. The summed E-state index contributed by atoms with van der Waals surface area (Å²) in [6, 6.07) is 5.49. The van der Waals surface area contributed by atoms with Crippen LogP contribution in [0.3, 0.4) is 0 Å². The van der Waals surface area contributed by atoms with E-state index < -0.39 is 30.5 Å². The van der Waals surface area contributed by atoms with Crippen molar-refractivity contribution in [3.05, 3.63) is 29.3 Å². The number of nitrogens with one attached hydrogen (secondary N) is 1. The van der Waals surface area contributed by atoms with E-state index in [0.29, 0.717) is 36.8 Å². The third-order valence-electron chi connectivity index (χ3n) is 6.57. The fraction of sp³-hybridized carbons (Fsp3) is 0.652. The summed E-state index contributed by atoms with van der Waals surface area (Å²) in [5.41, 5.74) is 0.388. The Bertz CT molecular complexity index is 822. The number of likely N-dealkylation sites (tertiary alicyclic amines) is 1. The van der Waals surface area contributed by atoms with Crippen molar-refractivity contribution < 1.29 is 23.1 Å². The summed E-state index contributed by atoms with van der Waals surface area (Å²) in [4.78, 5) is 27.1. The lowest BCUT2D eigenvalue weighted by Crippen LogP contribution is -2.67. The van der Waals surface area contributed by atoms with E-state index in [1.54, 1.807) is 26.0 Å². The maximum Gasteiger partial charge on any atom is 0.282 e. The molecule has 1 heterocycles. The predicted molar refractivity (Wildman–Crippen MR) is 109 cm³/mol. The SMILES string of the molecule is CCC(CC)(NC(=O)c1ccc(C2CC2)c(OCC2CC2)c1)C(=O)N1CC(F)(F)C1. The fourth-order valence-corrected chi connectivity index (χ4v) is 4.05. The molecule has 164 valence electrons. The third kappa shape index (κ3) is 4.30. The van der Waals surface area contributed by atoms with Gasteiger partial charge in [0.05, 0.1) is 19.7 Å². The number of carbonyl (C=O) groups excluding carboxylic acids is 2. The topological polar surface area (TPSA) is 58.6 Å². The number of ether oxygens (including phenoxy) is 1. The van der Waals surface area contributed by atoms with Gasteiger partial charge in [0.2, 0.25) is 5.91 Å². The smallest absolute Gasteiger partial charge is 0.282 e. The lowest BCUT2D eigenvalue weighted by atomic mass is 9.88. The van der Waals surface area contributed by atoms with Gasteiger partial charge in [0.1, 0.15) is 11.3 Å². The highest BCUT2D eigenvalue weighted by atomic mass is 19.3. The molecular formula is C23H30F2N2O3. The van der Waals surface area contributed by atoms with Gasteiger partial charge in [-0.3, -0.25) is 9.59 Å². The van der Waals surface area contributed by atoms with Crippen molar-refractivity contribution in [1.29, 1.82) is 0 Å². The number of hydrogen-bond acceptors (Lipinski definition) is 3. The van der Waals surface area contributed by atoms with Gasteiger partial charge in [-0.25, -0.2) is 8.78 Å². The zero-order valence-corrected chi connectivity index (χ0v) is 17.7. The first-order valence-electron chi connectivity index (χ1n) is 11.0. The second kappa shape index (κ2) is 7.82. The molecule has 0 unspecified atom stereocenters. The van der Waals surface area contributed by atoms with E-state index in [9.17, 15) is 18.4 Å². The molecule has 0 aromatic heterocycles. The molecule has 3 fully saturated rings. The molecule has 0 radical (unpaired) electrons. The van der Waals surface area contributed by atoms with Gasteiger partial charge in [0.15, 0.2) is 0 Å². The van der Waals surface area contributed by atoms with Crippen LogP contribution in [-0.2, 0) is 4.79 Å². The van der Waals surface area contributed by atoms with Gasteiger partial charge >= 0.3 is 0 Å². The van der Waals surface area contributed by atoms with Gasteiger partial charge in [-0.2, -0.15) is 0 Å². The lowest BCUT2D eigenvalue weighted by molar-refractivity contribution is -0.172. The van der Waals surface area contributed by atoms with E-state index in [2.05, 4.69) is 5.32 Å². The van der Waals surface area contributed by atoms with Crippen LogP contribution >= 0.6 is 0 Å². The molecule has 0 atom stereocenters. The Kier molecular flexibility index (Phi) is 5.49. The van der Waals surface area contributed by atoms with Crippen molar-refractivity contribution in [2.75, 3.05) is 19.7 Å². The molecule has 1 saturated heterocycles. The lowest BCUT2D eigenvalue weighted by Gasteiger charge is -2.44. The molecule has 30 heavy (non-hydrogen) atoms. The van der Waals surface area contributed by atoms with E-state index in [0.717, 1.165) is 29.1 Å². The molecule has 2 aliphatic carbocycles. The minimum Gasteiger partial charge on any atom is -0.493 e. The molecule has 7 heteroatoms. The van der Waals surface area contributed by atoms with E-state index >= 15 is 0 Å². The highest BCUT2D eigenvalue weighted by Gasteiger charge is 2.51. The van der Waals surface area contributed by atoms with Crippen LogP contribution in [0.4, 0.5) is 8.78 Å². The maximum atomic E-state index is 13.3. The predicted octanol–water partition coefficient (Wildman–Crippen LogP) is 4.12. The van der Waals surface area contributed by atoms with Gasteiger partial charge in [-0.05, 0) is 68.1 Å². The Morgan fingerprint density at radius 2 is 1.83 bits per heavy atom. The number of nitrogens with zero attached hydrogens (tertiary/aromatic N) is 1. The second-order valence-corrected chi connectivity index (χ2v) is 9.04. The van der Waals surface area contributed by atoms with Crippen LogP contribution in [0.25, 0.3) is 0 Å². The summed E-state index contributed by atoms with van der Waals surface area (Å²) in [5.74, 6) is -1.79. The maximum absolute atomic E-state index is 13.3. The number of amides is 2. The quantitative estimate of drug-likeness (QED) is 0.654. The molecule has 1 aromatic carbocycles. The first-order chi connectivity index (χ1) is 14.3. The van der Waals surface area contributed by atoms with Crippen molar-refractivity contribution in [2.45, 2.75) is 69.8 Å². The summed E-state index contributed by atoms with van der Waals surface area (Å²) in [6.45, 7) is 3.08. The van der Waals surface area contributed by atoms with Gasteiger partial charge in [0.25, 0.3) is 11.8 Å². The Labute approximate surface area is 176 Å². The van der Waals surface area contributed by atoms with E-state index in [4.69, 9.17) is 4.74 Å². The fourth-order valence-electron chi connectivity index (χ4n) is 4.05. The minimum atomic E-state index is -2.83. The van der Waals surface area contributed by atoms with Crippen molar-refractivity contribution in [2.24, 2.45) is 5.92 Å². The van der Waals surface area contributed by atoms with E-state index in [1.165, 1.54) is 12.8 Å². The van der Waals surface area contributed by atoms with Gasteiger partial charge < -0.3 is 15.0 Å². The van der Waals surface area contributed by atoms with Gasteiger partial charge in [0, 0.05) is 5.56 Å². The zero-order chi connectivity index (χ0) is 21.5. The summed E-state index contributed by atoms with van der Waals surface area (Å²) in [5, 5.41) is 2.86. The Balaban J connectivity index is 1.50. The average molecular weight is 421 g/mol. The molecule has 0 bridgehead atoms. The molecule has 2 amide bonds. The Morgan fingerprint density at radius 3 is 2.37 bits per heavy atom. The molecule has 3 aliphatic rings. The number of halogens is 2. The van der Waals surface area contributed by atoms with Crippen LogP contribution in [0.1, 0.15) is 74.2 Å². The first-order valence-corrected chi connectivity index (χ1v) is 11.0. The normalized spacial score (nSPS) is 20.5. The van der Waals surface area contributed by atoms with Crippen molar-refractivity contribution in [3.8, 4) is 5.75 Å². The summed E-state index contributed by atoms with van der Waals surface area (Å²) in [7, 11) is 0. The van der Waals surface area contributed by atoms with Crippen molar-refractivity contribution in [1.82, 2.24) is 10.2 Å². The molecule has 5 nitrogen and oxygen atoms in total. The molecule has 2 saturated carbocycles. The van der Waals surface area contributed by atoms with Gasteiger partial charge in [-0.1, -0.05) is 19.9 Å². The highest BCUT2D eigenvalue weighted by Crippen LogP contribution is 2.45. The molecule has 4 rings (SSSR count). The molecular weight excluding hydrogens is 390 g/mol. The van der Waals surface area contributed by atoms with Crippen LogP contribution in [-0.4, -0.2) is 47.9 Å². The largest absolute Gasteiger partial charge is 0.493 e. The molecule has 1 aliphatic heterocycles. The Morgan fingerprint density at radius 1 is 1.17 bits per heavy atom. The second-order valence-electron chi connectivity index (χ2n) is 9.04. The number of alkyl halides is 2. The number of benzene rings is 1. The minimum absolute atomic E-state index is 0.335. The molecule has 1 aromatic rings. The molecule has 0 spiro atoms. The van der Waals surface area contributed by atoms with Crippen LogP contribution in [0.2, 0.25) is 0 Å². The average Bonchev–Trinajstić information content (AvgIpc) is 3.61. The van der Waals surface area contributed by atoms with E-state index in [-0.39, 0.29) is 5.91 Å². The van der Waals surface area contributed by atoms with Crippen molar-refractivity contribution >= 4 is 11.8 Å². The summed E-state index contributed by atoms with van der Waals surface area (Å²) >= 11 is 0. The highest BCUT2D eigenvalue weighted by molar-refractivity contribution is 5.99. The van der Waals surface area contributed by atoms with E-state index in [1.807, 2.05) is 6.07 Å². The van der Waals surface area contributed by atoms with Crippen LogP contribution in [0.5, 0.6) is 5.75 Å². The van der Waals surface area contributed by atoms with Crippen LogP contribution in [0.15, 0.2) is 18.2 Å². The summed E-state index contributed by atoms with van der Waals surface area (Å²) < 4.78 is 32.6. The Hall–Kier alpha value is -2.18. The van der Waals surface area contributed by atoms with Gasteiger partial charge in [-0.15, -0.1) is 0 Å². The first kappa shape index (κ1) is 21.1. The van der Waals surface area contributed by atoms with Crippen molar-refractivity contribution in [3.63, 3.8) is 0 Å². The standard InChI is InChI=1S/C23H30F2N2O3/c1-3-22(4-2,21(29)27-13-23(24,25)14-27)26-20(28)17-9-10-18(16-7-8-16)19(11-17)30-12-15-5-6-15/h9-11,15-16H,3-8,12-14H2,1-2H3,(H,26,28). The zero-order valence-electron chi connectivity index (χ0n) is 17.7. The van der Waals surface area contributed by atoms with Crippen LogP contribution in [0, 0.1) is 5.92 Å².